The third kappa shape index (κ3) is 3.43. The number of hydrogen-bond acceptors (Lipinski definition) is 5. The lowest BCUT2D eigenvalue weighted by atomic mass is 10.1. The first-order valence-electron chi connectivity index (χ1n) is 7.46. The zero-order chi connectivity index (χ0) is 15.2. The van der Waals surface area contributed by atoms with Crippen LogP contribution in [0.3, 0.4) is 0 Å². The smallest absolute Gasteiger partial charge is 0.131 e. The van der Waals surface area contributed by atoms with E-state index < -0.39 is 0 Å². The Morgan fingerprint density at radius 3 is 3.09 bits per heavy atom. The van der Waals surface area contributed by atoms with Gasteiger partial charge in [0, 0.05) is 18.2 Å². The molecule has 2 aromatic heterocycles. The second-order valence-corrected chi connectivity index (χ2v) is 5.80. The molecule has 2 heterocycles. The van der Waals surface area contributed by atoms with Crippen LogP contribution in [-0.2, 0) is 0 Å². The van der Waals surface area contributed by atoms with Crippen LogP contribution >= 0.6 is 11.3 Å². The third-order valence-electron chi connectivity index (χ3n) is 3.53. The molecule has 1 atom stereocenters. The molecular weight excluding hydrogens is 294 g/mol. The first-order chi connectivity index (χ1) is 10.9. The SMILES string of the molecule is CCNCC[C@@H](Oc1cccc2ncncc12)c1ccsc1. The molecule has 4 nitrogen and oxygen atoms in total. The van der Waals surface area contributed by atoms with Crippen molar-refractivity contribution in [3.63, 3.8) is 0 Å². The van der Waals surface area contributed by atoms with E-state index in [2.05, 4.69) is 39.0 Å². The number of rotatable bonds is 7. The molecule has 0 aliphatic rings. The van der Waals surface area contributed by atoms with Gasteiger partial charge in [-0.25, -0.2) is 9.97 Å². The Balaban J connectivity index is 1.85. The zero-order valence-electron chi connectivity index (χ0n) is 12.5. The Bertz CT molecular complexity index is 710. The van der Waals surface area contributed by atoms with Crippen molar-refractivity contribution in [3.8, 4) is 5.75 Å². The van der Waals surface area contributed by atoms with Gasteiger partial charge < -0.3 is 10.1 Å². The second-order valence-electron chi connectivity index (χ2n) is 5.02. The van der Waals surface area contributed by atoms with Crippen LogP contribution in [-0.4, -0.2) is 23.1 Å². The van der Waals surface area contributed by atoms with Crippen molar-refractivity contribution in [1.29, 1.82) is 0 Å². The summed E-state index contributed by atoms with van der Waals surface area (Å²) >= 11 is 1.70. The van der Waals surface area contributed by atoms with Crippen molar-refractivity contribution in [3.05, 3.63) is 53.1 Å². The fraction of sp³-hybridized carbons (Fsp3) is 0.294. The molecule has 3 aromatic rings. The van der Waals surface area contributed by atoms with E-state index >= 15 is 0 Å². The maximum atomic E-state index is 6.31. The Labute approximate surface area is 134 Å². The lowest BCUT2D eigenvalue weighted by molar-refractivity contribution is 0.197. The minimum absolute atomic E-state index is 0.0381. The number of benzene rings is 1. The summed E-state index contributed by atoms with van der Waals surface area (Å²) in [6, 6.07) is 8.06. The van der Waals surface area contributed by atoms with Crippen LogP contribution in [0.25, 0.3) is 10.9 Å². The molecule has 0 amide bonds. The molecule has 0 bridgehead atoms. The van der Waals surface area contributed by atoms with Gasteiger partial charge in [0.05, 0.1) is 10.9 Å². The van der Waals surface area contributed by atoms with Crippen LogP contribution in [0.2, 0.25) is 0 Å². The molecule has 1 aromatic carbocycles. The van der Waals surface area contributed by atoms with Gasteiger partial charge in [0.2, 0.25) is 0 Å². The lowest BCUT2D eigenvalue weighted by Gasteiger charge is -2.19. The zero-order valence-corrected chi connectivity index (χ0v) is 13.3. The van der Waals surface area contributed by atoms with Gasteiger partial charge >= 0.3 is 0 Å². The largest absolute Gasteiger partial charge is 0.485 e. The van der Waals surface area contributed by atoms with Crippen molar-refractivity contribution < 1.29 is 4.74 Å². The fourth-order valence-electron chi connectivity index (χ4n) is 2.40. The van der Waals surface area contributed by atoms with Crippen LogP contribution in [0, 0.1) is 0 Å². The van der Waals surface area contributed by atoms with Gasteiger partial charge in [-0.15, -0.1) is 0 Å². The highest BCUT2D eigenvalue weighted by Gasteiger charge is 2.15. The van der Waals surface area contributed by atoms with Gasteiger partial charge in [-0.05, 0) is 42.0 Å². The summed E-state index contributed by atoms with van der Waals surface area (Å²) < 4.78 is 6.31. The highest BCUT2D eigenvalue weighted by atomic mass is 32.1. The first kappa shape index (κ1) is 14.9. The highest BCUT2D eigenvalue weighted by molar-refractivity contribution is 7.07. The van der Waals surface area contributed by atoms with E-state index in [9.17, 15) is 0 Å². The molecule has 0 unspecified atom stereocenters. The molecule has 0 saturated carbocycles. The lowest BCUT2D eigenvalue weighted by Crippen LogP contribution is -2.19. The molecular formula is C17H19N3OS. The van der Waals surface area contributed by atoms with Gasteiger partial charge in [-0.3, -0.25) is 0 Å². The first-order valence-corrected chi connectivity index (χ1v) is 8.41. The predicted octanol–water partition coefficient (Wildman–Crippen LogP) is 3.81. The number of thiophene rings is 1. The van der Waals surface area contributed by atoms with E-state index in [0.717, 1.165) is 36.2 Å². The van der Waals surface area contributed by atoms with Crippen LogP contribution in [0.15, 0.2) is 47.5 Å². The maximum absolute atomic E-state index is 6.31. The fourth-order valence-corrected chi connectivity index (χ4v) is 3.10. The highest BCUT2D eigenvalue weighted by Crippen LogP contribution is 2.30. The van der Waals surface area contributed by atoms with E-state index in [1.165, 1.54) is 5.56 Å². The third-order valence-corrected chi connectivity index (χ3v) is 4.23. The Hall–Kier alpha value is -1.98. The summed E-state index contributed by atoms with van der Waals surface area (Å²) in [5.74, 6) is 0.839. The number of nitrogens with zero attached hydrogens (tertiary/aromatic N) is 2. The average molecular weight is 313 g/mol. The Morgan fingerprint density at radius 1 is 1.32 bits per heavy atom. The standard InChI is InChI=1S/C17H19N3OS/c1-2-18-8-6-16(13-7-9-22-11-13)21-17-5-3-4-15-14(17)10-19-12-20-15/h3-5,7,9-12,16,18H,2,6,8H2,1H3/t16-/m1/s1. The molecule has 0 spiro atoms. The number of nitrogens with one attached hydrogen (secondary N) is 1. The van der Waals surface area contributed by atoms with E-state index in [-0.39, 0.29) is 6.10 Å². The van der Waals surface area contributed by atoms with E-state index in [1.807, 2.05) is 24.4 Å². The van der Waals surface area contributed by atoms with Gasteiger partial charge in [0.1, 0.15) is 18.2 Å². The average Bonchev–Trinajstić information content (AvgIpc) is 3.09. The normalized spacial score (nSPS) is 12.4. The minimum atomic E-state index is 0.0381. The molecule has 0 aliphatic heterocycles. The van der Waals surface area contributed by atoms with E-state index in [4.69, 9.17) is 4.74 Å². The predicted molar refractivity (Wildman–Crippen MR) is 90.4 cm³/mol. The van der Waals surface area contributed by atoms with Crippen molar-refractivity contribution >= 4 is 22.2 Å². The summed E-state index contributed by atoms with van der Waals surface area (Å²) in [7, 11) is 0. The van der Waals surface area contributed by atoms with Crippen LogP contribution in [0.1, 0.15) is 25.0 Å². The summed E-state index contributed by atoms with van der Waals surface area (Å²) in [6.45, 7) is 4.01. The maximum Gasteiger partial charge on any atom is 0.131 e. The van der Waals surface area contributed by atoms with Gasteiger partial charge in [0.25, 0.3) is 0 Å². The van der Waals surface area contributed by atoms with Gasteiger partial charge in [-0.2, -0.15) is 11.3 Å². The summed E-state index contributed by atoms with van der Waals surface area (Å²) in [5, 5.41) is 8.55. The van der Waals surface area contributed by atoms with Crippen molar-refractivity contribution in [2.75, 3.05) is 13.1 Å². The summed E-state index contributed by atoms with van der Waals surface area (Å²) in [6.07, 6.45) is 4.34. The number of ether oxygens (including phenoxy) is 1. The quantitative estimate of drug-likeness (QED) is 0.674. The monoisotopic (exact) mass is 313 g/mol. The molecule has 1 N–H and O–H groups in total. The van der Waals surface area contributed by atoms with Crippen LogP contribution in [0.5, 0.6) is 5.75 Å². The molecule has 22 heavy (non-hydrogen) atoms. The molecule has 114 valence electrons. The topological polar surface area (TPSA) is 47.0 Å². The van der Waals surface area contributed by atoms with Crippen molar-refractivity contribution in [2.45, 2.75) is 19.4 Å². The van der Waals surface area contributed by atoms with Gasteiger partial charge in [-0.1, -0.05) is 13.0 Å². The van der Waals surface area contributed by atoms with Crippen molar-refractivity contribution in [2.24, 2.45) is 0 Å². The van der Waals surface area contributed by atoms with E-state index in [0.29, 0.717) is 0 Å². The summed E-state index contributed by atoms with van der Waals surface area (Å²) in [5.41, 5.74) is 2.13. The molecule has 0 fully saturated rings. The Morgan fingerprint density at radius 2 is 2.27 bits per heavy atom. The molecule has 5 heteroatoms. The van der Waals surface area contributed by atoms with Crippen LogP contribution < -0.4 is 10.1 Å². The van der Waals surface area contributed by atoms with Gasteiger partial charge in [0.15, 0.2) is 0 Å². The molecule has 0 aliphatic carbocycles. The number of fused-ring (bicyclic) bond motifs is 1. The number of hydrogen-bond donors (Lipinski definition) is 1. The van der Waals surface area contributed by atoms with Crippen molar-refractivity contribution in [1.82, 2.24) is 15.3 Å². The second kappa shape index (κ2) is 7.33. The van der Waals surface area contributed by atoms with Crippen LogP contribution in [0.4, 0.5) is 0 Å². The minimum Gasteiger partial charge on any atom is -0.485 e. The Kier molecular flexibility index (Phi) is 4.98. The molecule has 3 rings (SSSR count). The molecule has 0 radical (unpaired) electrons. The van der Waals surface area contributed by atoms with E-state index in [1.54, 1.807) is 17.7 Å². The summed E-state index contributed by atoms with van der Waals surface area (Å²) in [4.78, 5) is 8.40. The number of aromatic nitrogens is 2. The molecule has 0 saturated heterocycles.